The molecule has 124 valence electrons. The lowest BCUT2D eigenvalue weighted by Crippen LogP contribution is -2.49. The van der Waals surface area contributed by atoms with Crippen LogP contribution in [-0.4, -0.2) is 53.5 Å². The smallest absolute Gasteiger partial charge is 0.305 e. The topological polar surface area (TPSA) is 83.9 Å². The molecule has 0 aliphatic carbocycles. The first-order valence-electron chi connectivity index (χ1n) is 7.66. The van der Waals surface area contributed by atoms with Crippen LogP contribution in [0.1, 0.15) is 35.2 Å². The van der Waals surface area contributed by atoms with Crippen molar-refractivity contribution in [2.45, 2.75) is 32.2 Å². The molecule has 1 amide bonds. The number of ketones is 1. The standard InChI is InChI=1S/C17H21NO5/c1-12-2-4-13(5-3-12)15(19)6-7-16(20)18-8-9-23-11-14(18)10-17(21)22/h2-5,14H,6-11H2,1H3,(H,21,22). The van der Waals surface area contributed by atoms with Gasteiger partial charge in [0, 0.05) is 24.9 Å². The third-order valence-corrected chi connectivity index (χ3v) is 3.90. The van der Waals surface area contributed by atoms with Crippen molar-refractivity contribution >= 4 is 17.7 Å². The summed E-state index contributed by atoms with van der Waals surface area (Å²) < 4.78 is 5.25. The predicted octanol–water partition coefficient (Wildman–Crippen LogP) is 1.66. The molecule has 1 heterocycles. The molecule has 1 fully saturated rings. The van der Waals surface area contributed by atoms with E-state index >= 15 is 0 Å². The molecule has 1 aromatic rings. The molecule has 0 saturated carbocycles. The summed E-state index contributed by atoms with van der Waals surface area (Å²) in [7, 11) is 0. The number of aryl methyl sites for hydroxylation is 1. The number of hydrogen-bond acceptors (Lipinski definition) is 4. The maximum atomic E-state index is 12.3. The van der Waals surface area contributed by atoms with E-state index in [0.29, 0.717) is 18.7 Å². The molecule has 1 aliphatic heterocycles. The summed E-state index contributed by atoms with van der Waals surface area (Å²) in [6, 6.07) is 6.77. The number of Topliss-reactive ketones (excluding diaryl/α,β-unsaturated/α-hetero) is 1. The van der Waals surface area contributed by atoms with Crippen LogP contribution in [0, 0.1) is 6.92 Å². The molecule has 1 aromatic carbocycles. The van der Waals surface area contributed by atoms with Gasteiger partial charge in [0.05, 0.1) is 25.7 Å². The first-order chi connectivity index (χ1) is 11.0. The van der Waals surface area contributed by atoms with E-state index in [0.717, 1.165) is 5.56 Å². The molecule has 1 N–H and O–H groups in total. The van der Waals surface area contributed by atoms with Crippen molar-refractivity contribution in [3.05, 3.63) is 35.4 Å². The predicted molar refractivity (Wildman–Crippen MR) is 83.3 cm³/mol. The summed E-state index contributed by atoms with van der Waals surface area (Å²) in [6.07, 6.45) is 0.0690. The zero-order valence-corrected chi connectivity index (χ0v) is 13.2. The largest absolute Gasteiger partial charge is 0.481 e. The minimum absolute atomic E-state index is 0.0820. The molecular formula is C17H21NO5. The average Bonchev–Trinajstić information content (AvgIpc) is 2.53. The molecule has 2 rings (SSSR count). The second-order valence-corrected chi connectivity index (χ2v) is 5.70. The Kier molecular flexibility index (Phi) is 5.87. The fourth-order valence-electron chi connectivity index (χ4n) is 2.60. The number of benzene rings is 1. The normalized spacial score (nSPS) is 17.8. The maximum Gasteiger partial charge on any atom is 0.305 e. The van der Waals surface area contributed by atoms with Crippen LogP contribution in [0.3, 0.4) is 0 Å². The maximum absolute atomic E-state index is 12.3. The van der Waals surface area contributed by atoms with Crippen molar-refractivity contribution in [3.63, 3.8) is 0 Å². The van der Waals surface area contributed by atoms with Gasteiger partial charge in [-0.05, 0) is 6.92 Å². The molecule has 0 aromatic heterocycles. The lowest BCUT2D eigenvalue weighted by molar-refractivity contribution is -0.146. The molecule has 1 atom stereocenters. The fourth-order valence-corrected chi connectivity index (χ4v) is 2.60. The van der Waals surface area contributed by atoms with Crippen molar-refractivity contribution in [2.24, 2.45) is 0 Å². The van der Waals surface area contributed by atoms with E-state index in [1.54, 1.807) is 12.1 Å². The summed E-state index contributed by atoms with van der Waals surface area (Å²) in [6.45, 7) is 2.94. The number of carbonyl (C=O) groups is 3. The van der Waals surface area contributed by atoms with Crippen LogP contribution in [0.2, 0.25) is 0 Å². The molecular weight excluding hydrogens is 298 g/mol. The van der Waals surface area contributed by atoms with Crippen LogP contribution in [-0.2, 0) is 14.3 Å². The van der Waals surface area contributed by atoms with Gasteiger partial charge in [-0.3, -0.25) is 14.4 Å². The SMILES string of the molecule is Cc1ccc(C(=O)CCC(=O)N2CCOCC2CC(=O)O)cc1. The Bertz CT molecular complexity index is 581. The van der Waals surface area contributed by atoms with Crippen molar-refractivity contribution in [1.29, 1.82) is 0 Å². The Morgan fingerprint density at radius 2 is 1.91 bits per heavy atom. The molecule has 6 heteroatoms. The van der Waals surface area contributed by atoms with E-state index in [9.17, 15) is 14.4 Å². The number of hydrogen-bond donors (Lipinski definition) is 1. The summed E-state index contributed by atoms with van der Waals surface area (Å²) in [4.78, 5) is 36.8. The lowest BCUT2D eigenvalue weighted by atomic mass is 10.0. The Balaban J connectivity index is 1.90. The van der Waals surface area contributed by atoms with Crippen LogP contribution in [0.15, 0.2) is 24.3 Å². The van der Waals surface area contributed by atoms with Gasteiger partial charge in [0.25, 0.3) is 0 Å². The number of rotatable bonds is 6. The van der Waals surface area contributed by atoms with Gasteiger partial charge in [-0.25, -0.2) is 0 Å². The first kappa shape index (κ1) is 17.1. The number of ether oxygens (including phenoxy) is 1. The molecule has 0 bridgehead atoms. The second kappa shape index (κ2) is 7.87. The van der Waals surface area contributed by atoms with Gasteiger partial charge in [0.15, 0.2) is 5.78 Å². The van der Waals surface area contributed by atoms with E-state index < -0.39 is 12.0 Å². The van der Waals surface area contributed by atoms with Crippen molar-refractivity contribution < 1.29 is 24.2 Å². The molecule has 0 spiro atoms. The number of aliphatic carboxylic acids is 1. The van der Waals surface area contributed by atoms with Gasteiger partial charge in [0.2, 0.25) is 5.91 Å². The van der Waals surface area contributed by atoms with E-state index in [1.807, 2.05) is 19.1 Å². The number of carboxylic acids is 1. The summed E-state index contributed by atoms with van der Waals surface area (Å²) >= 11 is 0. The minimum Gasteiger partial charge on any atom is -0.481 e. The highest BCUT2D eigenvalue weighted by Crippen LogP contribution is 2.14. The highest BCUT2D eigenvalue weighted by atomic mass is 16.5. The lowest BCUT2D eigenvalue weighted by Gasteiger charge is -2.34. The average molecular weight is 319 g/mol. The molecule has 1 saturated heterocycles. The molecule has 23 heavy (non-hydrogen) atoms. The Hall–Kier alpha value is -2.21. The quantitative estimate of drug-likeness (QED) is 0.806. The molecule has 1 aliphatic rings. The van der Waals surface area contributed by atoms with E-state index in [1.165, 1.54) is 4.90 Å². The van der Waals surface area contributed by atoms with Crippen molar-refractivity contribution in [2.75, 3.05) is 19.8 Å². The van der Waals surface area contributed by atoms with Crippen LogP contribution in [0.4, 0.5) is 0 Å². The Labute approximate surface area is 135 Å². The minimum atomic E-state index is -0.964. The summed E-state index contributed by atoms with van der Waals surface area (Å²) in [5, 5.41) is 8.91. The van der Waals surface area contributed by atoms with E-state index in [4.69, 9.17) is 9.84 Å². The third kappa shape index (κ3) is 4.89. The molecule has 6 nitrogen and oxygen atoms in total. The van der Waals surface area contributed by atoms with Gasteiger partial charge >= 0.3 is 5.97 Å². The number of morpholine rings is 1. The van der Waals surface area contributed by atoms with Gasteiger partial charge in [-0.15, -0.1) is 0 Å². The molecule has 1 unspecified atom stereocenters. The molecule has 0 radical (unpaired) electrons. The number of nitrogens with zero attached hydrogens (tertiary/aromatic N) is 1. The summed E-state index contributed by atoms with van der Waals surface area (Å²) in [5.41, 5.74) is 1.66. The van der Waals surface area contributed by atoms with Crippen LogP contribution >= 0.6 is 0 Å². The highest BCUT2D eigenvalue weighted by molar-refractivity contribution is 5.98. The third-order valence-electron chi connectivity index (χ3n) is 3.90. The Morgan fingerprint density at radius 1 is 1.22 bits per heavy atom. The first-order valence-corrected chi connectivity index (χ1v) is 7.66. The number of amides is 1. The number of carbonyl (C=O) groups excluding carboxylic acids is 2. The second-order valence-electron chi connectivity index (χ2n) is 5.70. The zero-order chi connectivity index (χ0) is 16.8. The monoisotopic (exact) mass is 319 g/mol. The van der Waals surface area contributed by atoms with Crippen molar-refractivity contribution in [1.82, 2.24) is 4.90 Å². The van der Waals surface area contributed by atoms with Crippen LogP contribution in [0.25, 0.3) is 0 Å². The fraction of sp³-hybridized carbons (Fsp3) is 0.471. The van der Waals surface area contributed by atoms with Gasteiger partial charge < -0.3 is 14.7 Å². The van der Waals surface area contributed by atoms with Gasteiger partial charge in [-0.2, -0.15) is 0 Å². The van der Waals surface area contributed by atoms with Gasteiger partial charge in [-0.1, -0.05) is 29.8 Å². The van der Waals surface area contributed by atoms with Crippen LogP contribution in [0.5, 0.6) is 0 Å². The van der Waals surface area contributed by atoms with E-state index in [-0.39, 0.29) is 37.6 Å². The van der Waals surface area contributed by atoms with Crippen LogP contribution < -0.4 is 0 Å². The van der Waals surface area contributed by atoms with Gasteiger partial charge in [0.1, 0.15) is 0 Å². The summed E-state index contributed by atoms with van der Waals surface area (Å²) in [5.74, 6) is -1.24. The Morgan fingerprint density at radius 3 is 2.57 bits per heavy atom. The highest BCUT2D eigenvalue weighted by Gasteiger charge is 2.29. The zero-order valence-electron chi connectivity index (χ0n) is 13.2. The number of carboxylic acid groups (broad SMARTS) is 1. The van der Waals surface area contributed by atoms with E-state index in [2.05, 4.69) is 0 Å². The van der Waals surface area contributed by atoms with Crippen molar-refractivity contribution in [3.8, 4) is 0 Å².